The number of carbonyl (C=O) groups excluding carboxylic acids is 1. The van der Waals surface area contributed by atoms with Crippen molar-refractivity contribution in [1.29, 1.82) is 0 Å². The maximum atomic E-state index is 13.2. The molecule has 3 aromatic rings. The highest BCUT2D eigenvalue weighted by atomic mass is 35.5. The Morgan fingerprint density at radius 1 is 1.08 bits per heavy atom. The van der Waals surface area contributed by atoms with Crippen molar-refractivity contribution in [3.05, 3.63) is 65.1 Å². The van der Waals surface area contributed by atoms with E-state index in [0.29, 0.717) is 16.9 Å². The number of carbonyl (C=O) groups is 1. The van der Waals surface area contributed by atoms with Crippen LogP contribution in [0.25, 0.3) is 16.9 Å². The second-order valence-corrected chi connectivity index (χ2v) is 7.27. The molecule has 4 N–H and O–H groups in total. The van der Waals surface area contributed by atoms with Crippen molar-refractivity contribution in [2.45, 2.75) is 4.90 Å². The highest BCUT2D eigenvalue weighted by Crippen LogP contribution is 2.33. The number of nitrogens with two attached hydrogens (primary N) is 2. The molecule has 0 fully saturated rings. The molecule has 0 bridgehead atoms. The zero-order valence-electron chi connectivity index (χ0n) is 13.1. The van der Waals surface area contributed by atoms with Gasteiger partial charge >= 0.3 is 0 Å². The Balaban J connectivity index is 2.22. The Kier molecular flexibility index (Phi) is 4.53. The van der Waals surface area contributed by atoms with Gasteiger partial charge in [-0.05, 0) is 48.5 Å². The number of primary sulfonamides is 1. The number of amides is 1. The zero-order chi connectivity index (χ0) is 19.1. The molecule has 7 nitrogen and oxygen atoms in total. The minimum Gasteiger partial charge on any atom is -0.364 e. The molecule has 0 aliphatic rings. The fourth-order valence-electron chi connectivity index (χ4n) is 2.38. The lowest BCUT2D eigenvalue weighted by Crippen LogP contribution is -2.13. The van der Waals surface area contributed by atoms with E-state index in [0.717, 1.165) is 0 Å². The van der Waals surface area contributed by atoms with E-state index >= 15 is 0 Å². The number of halogens is 2. The molecule has 0 aliphatic carbocycles. The summed E-state index contributed by atoms with van der Waals surface area (Å²) in [5.74, 6) is -1.28. The topological polar surface area (TPSA) is 121 Å². The lowest BCUT2D eigenvalue weighted by molar-refractivity contribution is 0.0995. The molecule has 2 aromatic carbocycles. The minimum atomic E-state index is -3.86. The van der Waals surface area contributed by atoms with Crippen molar-refractivity contribution in [1.82, 2.24) is 9.78 Å². The lowest BCUT2D eigenvalue weighted by atomic mass is 10.1. The predicted octanol–water partition coefficient (Wildman–Crippen LogP) is 2.08. The van der Waals surface area contributed by atoms with E-state index in [1.165, 1.54) is 53.2 Å². The summed E-state index contributed by atoms with van der Waals surface area (Å²) in [4.78, 5) is 11.5. The van der Waals surface area contributed by atoms with Gasteiger partial charge in [-0.15, -0.1) is 0 Å². The molecule has 134 valence electrons. The van der Waals surface area contributed by atoms with Crippen LogP contribution in [0.4, 0.5) is 4.39 Å². The van der Waals surface area contributed by atoms with Crippen LogP contribution < -0.4 is 10.9 Å². The van der Waals surface area contributed by atoms with Gasteiger partial charge in [0.25, 0.3) is 5.91 Å². The van der Waals surface area contributed by atoms with E-state index in [2.05, 4.69) is 5.10 Å². The van der Waals surface area contributed by atoms with E-state index < -0.39 is 21.7 Å². The molecule has 1 amide bonds. The number of rotatable bonds is 4. The molecule has 0 radical (unpaired) electrons. The van der Waals surface area contributed by atoms with E-state index in [1.54, 1.807) is 0 Å². The number of sulfonamides is 1. The second kappa shape index (κ2) is 6.52. The van der Waals surface area contributed by atoms with Crippen LogP contribution in [0.1, 0.15) is 10.5 Å². The van der Waals surface area contributed by atoms with Crippen molar-refractivity contribution in [3.8, 4) is 16.9 Å². The largest absolute Gasteiger partial charge is 0.364 e. The standard InChI is InChI=1S/C16H12ClFN4O3S/c17-13-14(16(19)23)21-22(15(13)9-1-3-10(18)4-2-9)11-5-7-12(8-6-11)26(20,24)25/h1-8H,(H2,19,23)(H2,20,24,25). The fourth-order valence-corrected chi connectivity index (χ4v) is 3.21. The van der Waals surface area contributed by atoms with Gasteiger partial charge in [0, 0.05) is 5.56 Å². The van der Waals surface area contributed by atoms with Gasteiger partial charge in [0.1, 0.15) is 10.8 Å². The maximum Gasteiger partial charge on any atom is 0.270 e. The molecule has 0 spiro atoms. The van der Waals surface area contributed by atoms with Crippen LogP contribution in [0.15, 0.2) is 53.4 Å². The molecule has 1 heterocycles. The quantitative estimate of drug-likeness (QED) is 0.703. The minimum absolute atomic E-state index is 0.000342. The summed E-state index contributed by atoms with van der Waals surface area (Å²) in [7, 11) is -3.86. The van der Waals surface area contributed by atoms with Gasteiger partial charge < -0.3 is 5.73 Å². The summed E-state index contributed by atoms with van der Waals surface area (Å²) < 4.78 is 37.3. The molecule has 0 saturated carbocycles. The zero-order valence-corrected chi connectivity index (χ0v) is 14.6. The van der Waals surface area contributed by atoms with E-state index in [4.69, 9.17) is 22.5 Å². The van der Waals surface area contributed by atoms with Crippen molar-refractivity contribution in [2.24, 2.45) is 10.9 Å². The number of hydrogen-bond acceptors (Lipinski definition) is 4. The second-order valence-electron chi connectivity index (χ2n) is 5.33. The van der Waals surface area contributed by atoms with Crippen LogP contribution >= 0.6 is 11.6 Å². The number of nitrogens with zero attached hydrogens (tertiary/aromatic N) is 2. The molecular weight excluding hydrogens is 383 g/mol. The summed E-state index contributed by atoms with van der Waals surface area (Å²) in [6, 6.07) is 10.9. The third kappa shape index (κ3) is 3.32. The van der Waals surface area contributed by atoms with E-state index in [9.17, 15) is 17.6 Å². The average Bonchev–Trinajstić information content (AvgIpc) is 2.92. The Hall–Kier alpha value is -2.75. The summed E-state index contributed by atoms with van der Waals surface area (Å²) in [5.41, 5.74) is 6.35. The number of hydrogen-bond donors (Lipinski definition) is 2. The molecule has 0 aliphatic heterocycles. The monoisotopic (exact) mass is 394 g/mol. The first-order valence-corrected chi connectivity index (χ1v) is 9.08. The highest BCUT2D eigenvalue weighted by Gasteiger charge is 2.22. The van der Waals surface area contributed by atoms with Crippen LogP contribution in [0, 0.1) is 5.82 Å². The average molecular weight is 395 g/mol. The van der Waals surface area contributed by atoms with Gasteiger partial charge in [-0.1, -0.05) is 11.6 Å². The van der Waals surface area contributed by atoms with Crippen LogP contribution in [-0.4, -0.2) is 24.1 Å². The predicted molar refractivity (Wildman–Crippen MR) is 93.9 cm³/mol. The molecule has 0 atom stereocenters. The van der Waals surface area contributed by atoms with Gasteiger partial charge in [-0.3, -0.25) is 4.79 Å². The molecule has 26 heavy (non-hydrogen) atoms. The summed E-state index contributed by atoms with van der Waals surface area (Å²) >= 11 is 6.26. The maximum absolute atomic E-state index is 13.2. The van der Waals surface area contributed by atoms with Crippen molar-refractivity contribution in [3.63, 3.8) is 0 Å². The van der Waals surface area contributed by atoms with Crippen molar-refractivity contribution < 1.29 is 17.6 Å². The van der Waals surface area contributed by atoms with Gasteiger partial charge in [0.05, 0.1) is 16.3 Å². The van der Waals surface area contributed by atoms with Crippen LogP contribution in [-0.2, 0) is 10.0 Å². The third-order valence-corrected chi connectivity index (χ3v) is 4.88. The van der Waals surface area contributed by atoms with Crippen LogP contribution in [0.5, 0.6) is 0 Å². The third-order valence-electron chi connectivity index (χ3n) is 3.59. The lowest BCUT2D eigenvalue weighted by Gasteiger charge is -2.09. The Bertz CT molecular complexity index is 1090. The van der Waals surface area contributed by atoms with Gasteiger partial charge in [-0.2, -0.15) is 5.10 Å². The Labute approximate surface area is 153 Å². The number of benzene rings is 2. The van der Waals surface area contributed by atoms with E-state index in [1.807, 2.05) is 0 Å². The van der Waals surface area contributed by atoms with E-state index in [-0.39, 0.29) is 15.6 Å². The normalized spacial score (nSPS) is 11.5. The summed E-state index contributed by atoms with van der Waals surface area (Å²) in [5, 5.41) is 9.19. The fraction of sp³-hybridized carbons (Fsp3) is 0. The first-order valence-electron chi connectivity index (χ1n) is 7.16. The first-order chi connectivity index (χ1) is 12.2. The molecule has 0 unspecified atom stereocenters. The molecule has 1 aromatic heterocycles. The number of aromatic nitrogens is 2. The van der Waals surface area contributed by atoms with Crippen LogP contribution in [0.2, 0.25) is 5.02 Å². The molecular formula is C16H12ClFN4O3S. The molecule has 3 rings (SSSR count). The molecule has 10 heteroatoms. The van der Waals surface area contributed by atoms with Gasteiger partial charge in [0.2, 0.25) is 10.0 Å². The summed E-state index contributed by atoms with van der Waals surface area (Å²) in [6.45, 7) is 0. The van der Waals surface area contributed by atoms with Crippen LogP contribution in [0.3, 0.4) is 0 Å². The SMILES string of the molecule is NC(=O)c1nn(-c2ccc(S(N)(=O)=O)cc2)c(-c2ccc(F)cc2)c1Cl. The Morgan fingerprint density at radius 3 is 2.15 bits per heavy atom. The summed E-state index contributed by atoms with van der Waals surface area (Å²) in [6.07, 6.45) is 0. The van der Waals surface area contributed by atoms with Crippen molar-refractivity contribution >= 4 is 27.5 Å². The van der Waals surface area contributed by atoms with Crippen molar-refractivity contribution in [2.75, 3.05) is 0 Å². The smallest absolute Gasteiger partial charge is 0.270 e. The molecule has 0 saturated heterocycles. The first kappa shape index (κ1) is 18.1. The highest BCUT2D eigenvalue weighted by molar-refractivity contribution is 7.89. The van der Waals surface area contributed by atoms with Gasteiger partial charge in [-0.25, -0.2) is 22.6 Å². The van der Waals surface area contributed by atoms with Gasteiger partial charge in [0.15, 0.2) is 5.69 Å². The Morgan fingerprint density at radius 2 is 1.65 bits per heavy atom. The number of primary amides is 1.